The fraction of sp³-hybridized carbons (Fsp3) is 0.421. The van der Waals surface area contributed by atoms with Gasteiger partial charge >= 0.3 is 0 Å². The van der Waals surface area contributed by atoms with Crippen LogP contribution in [0.2, 0.25) is 0 Å². The number of carbonyl (C=O) groups excluding carboxylic acids is 1. The molecule has 1 atom stereocenters. The Labute approximate surface area is 152 Å². The molecule has 25 heavy (non-hydrogen) atoms. The molecule has 5 nitrogen and oxygen atoms in total. The SMILES string of the molecule is Cc1nc(SC(C(=O)N2CCOCC2)c2ccccc2)nc(C)c1C. The van der Waals surface area contributed by atoms with Gasteiger partial charge in [-0.15, -0.1) is 0 Å². The van der Waals surface area contributed by atoms with Gasteiger partial charge in [0.2, 0.25) is 5.91 Å². The van der Waals surface area contributed by atoms with Crippen LogP contribution in [0.15, 0.2) is 35.5 Å². The van der Waals surface area contributed by atoms with Gasteiger partial charge in [0.25, 0.3) is 0 Å². The number of carbonyl (C=O) groups is 1. The highest BCUT2D eigenvalue weighted by atomic mass is 32.2. The summed E-state index contributed by atoms with van der Waals surface area (Å²) >= 11 is 1.43. The average Bonchev–Trinajstić information content (AvgIpc) is 2.65. The minimum Gasteiger partial charge on any atom is -0.378 e. The third-order valence-corrected chi connectivity index (χ3v) is 5.59. The Bertz CT molecular complexity index is 723. The summed E-state index contributed by atoms with van der Waals surface area (Å²) in [5.41, 5.74) is 3.99. The van der Waals surface area contributed by atoms with Crippen LogP contribution in [0.5, 0.6) is 0 Å². The minimum atomic E-state index is -0.346. The summed E-state index contributed by atoms with van der Waals surface area (Å²) in [5, 5.41) is 0.303. The van der Waals surface area contributed by atoms with Crippen LogP contribution in [0.4, 0.5) is 0 Å². The van der Waals surface area contributed by atoms with Gasteiger partial charge in [-0.2, -0.15) is 0 Å². The molecule has 0 N–H and O–H groups in total. The summed E-state index contributed by atoms with van der Waals surface area (Å²) in [6, 6.07) is 9.86. The standard InChI is InChI=1S/C19H23N3O2S/c1-13-14(2)20-19(21-15(13)3)25-17(16-7-5-4-6-8-16)18(23)22-9-11-24-12-10-22/h4-8,17H,9-12H2,1-3H3. The first-order chi connectivity index (χ1) is 12.1. The smallest absolute Gasteiger partial charge is 0.240 e. The van der Waals surface area contributed by atoms with Crippen LogP contribution in [0.25, 0.3) is 0 Å². The molecule has 1 aliphatic heterocycles. The predicted molar refractivity (Wildman–Crippen MR) is 98.7 cm³/mol. The van der Waals surface area contributed by atoms with E-state index in [9.17, 15) is 4.79 Å². The first-order valence-corrected chi connectivity index (χ1v) is 9.34. The fourth-order valence-corrected chi connectivity index (χ4v) is 3.87. The van der Waals surface area contributed by atoms with Gasteiger partial charge in [0.1, 0.15) is 5.25 Å². The van der Waals surface area contributed by atoms with E-state index in [1.165, 1.54) is 11.8 Å². The molecule has 0 radical (unpaired) electrons. The molecule has 1 fully saturated rings. The number of ether oxygens (including phenoxy) is 1. The molecule has 0 bridgehead atoms. The summed E-state index contributed by atoms with van der Waals surface area (Å²) in [5.74, 6) is 0.0963. The predicted octanol–water partition coefficient (Wildman–Crippen LogP) is 3.09. The van der Waals surface area contributed by atoms with Crippen LogP contribution < -0.4 is 0 Å². The molecule has 6 heteroatoms. The van der Waals surface area contributed by atoms with Crippen molar-refractivity contribution in [2.24, 2.45) is 0 Å². The van der Waals surface area contributed by atoms with Gasteiger partial charge in [0, 0.05) is 24.5 Å². The number of aromatic nitrogens is 2. The van der Waals surface area contributed by atoms with E-state index in [0.29, 0.717) is 31.5 Å². The van der Waals surface area contributed by atoms with Gasteiger partial charge in [-0.1, -0.05) is 42.1 Å². The Morgan fingerprint density at radius 2 is 1.68 bits per heavy atom. The number of rotatable bonds is 4. The first kappa shape index (κ1) is 17.9. The third kappa shape index (κ3) is 4.19. The minimum absolute atomic E-state index is 0.0963. The molecule has 132 valence electrons. The van der Waals surface area contributed by atoms with E-state index < -0.39 is 0 Å². The number of hydrogen-bond acceptors (Lipinski definition) is 5. The highest BCUT2D eigenvalue weighted by Crippen LogP contribution is 2.35. The molecule has 3 rings (SSSR count). The molecule has 1 aromatic carbocycles. The Morgan fingerprint density at radius 3 is 2.28 bits per heavy atom. The molecule has 0 aliphatic carbocycles. The fourth-order valence-electron chi connectivity index (χ4n) is 2.74. The normalized spacial score (nSPS) is 15.9. The van der Waals surface area contributed by atoms with Crippen molar-refractivity contribution in [3.8, 4) is 0 Å². The zero-order valence-corrected chi connectivity index (χ0v) is 15.7. The van der Waals surface area contributed by atoms with Crippen LogP contribution in [0.1, 0.15) is 27.8 Å². The van der Waals surface area contributed by atoms with Gasteiger partial charge in [-0.05, 0) is 31.9 Å². The second kappa shape index (κ2) is 7.97. The maximum atomic E-state index is 13.1. The molecule has 2 heterocycles. The number of aryl methyl sites for hydroxylation is 2. The van der Waals surface area contributed by atoms with Crippen LogP contribution in [0, 0.1) is 20.8 Å². The Balaban J connectivity index is 1.90. The highest BCUT2D eigenvalue weighted by molar-refractivity contribution is 8.00. The van der Waals surface area contributed by atoms with Crippen molar-refractivity contribution in [1.82, 2.24) is 14.9 Å². The van der Waals surface area contributed by atoms with Gasteiger partial charge in [0.15, 0.2) is 5.16 Å². The molecule has 1 saturated heterocycles. The van der Waals surface area contributed by atoms with E-state index in [4.69, 9.17) is 4.74 Å². The molecule has 1 unspecified atom stereocenters. The zero-order valence-electron chi connectivity index (χ0n) is 14.9. The van der Waals surface area contributed by atoms with E-state index in [1.807, 2.05) is 56.0 Å². The Morgan fingerprint density at radius 1 is 1.08 bits per heavy atom. The monoisotopic (exact) mass is 357 g/mol. The van der Waals surface area contributed by atoms with Crippen molar-refractivity contribution in [1.29, 1.82) is 0 Å². The quantitative estimate of drug-likeness (QED) is 0.622. The maximum absolute atomic E-state index is 13.1. The lowest BCUT2D eigenvalue weighted by Gasteiger charge is -2.30. The Kier molecular flexibility index (Phi) is 5.71. The van der Waals surface area contributed by atoms with Gasteiger partial charge in [-0.25, -0.2) is 9.97 Å². The van der Waals surface area contributed by atoms with Crippen molar-refractivity contribution >= 4 is 17.7 Å². The highest BCUT2D eigenvalue weighted by Gasteiger charge is 2.29. The van der Waals surface area contributed by atoms with E-state index in [1.54, 1.807) is 0 Å². The third-order valence-electron chi connectivity index (χ3n) is 4.48. The number of amides is 1. The van der Waals surface area contributed by atoms with Crippen molar-refractivity contribution in [3.05, 3.63) is 52.8 Å². The number of thioether (sulfide) groups is 1. The number of nitrogens with zero attached hydrogens (tertiary/aromatic N) is 3. The summed E-state index contributed by atoms with van der Waals surface area (Å²) in [6.45, 7) is 8.44. The molecule has 0 spiro atoms. The van der Waals surface area contributed by atoms with Crippen molar-refractivity contribution in [3.63, 3.8) is 0 Å². The number of benzene rings is 1. The number of morpholine rings is 1. The van der Waals surface area contributed by atoms with Crippen molar-refractivity contribution < 1.29 is 9.53 Å². The van der Waals surface area contributed by atoms with Gasteiger partial charge in [-0.3, -0.25) is 4.79 Å². The molecule has 2 aromatic rings. The van der Waals surface area contributed by atoms with Gasteiger partial charge < -0.3 is 9.64 Å². The molecule has 1 amide bonds. The second-order valence-corrected chi connectivity index (χ2v) is 7.22. The van der Waals surface area contributed by atoms with Crippen LogP contribution >= 0.6 is 11.8 Å². The summed E-state index contributed by atoms with van der Waals surface area (Å²) in [4.78, 5) is 24.2. The summed E-state index contributed by atoms with van der Waals surface area (Å²) in [6.07, 6.45) is 0. The maximum Gasteiger partial charge on any atom is 0.240 e. The average molecular weight is 357 g/mol. The van der Waals surface area contributed by atoms with Crippen LogP contribution in [-0.4, -0.2) is 47.1 Å². The summed E-state index contributed by atoms with van der Waals surface area (Å²) < 4.78 is 5.37. The molecule has 0 saturated carbocycles. The first-order valence-electron chi connectivity index (χ1n) is 8.46. The van der Waals surface area contributed by atoms with Crippen molar-refractivity contribution in [2.75, 3.05) is 26.3 Å². The van der Waals surface area contributed by atoms with E-state index >= 15 is 0 Å². The lowest BCUT2D eigenvalue weighted by Crippen LogP contribution is -2.42. The largest absolute Gasteiger partial charge is 0.378 e. The molecular formula is C19H23N3O2S. The molecular weight excluding hydrogens is 334 g/mol. The zero-order chi connectivity index (χ0) is 17.8. The summed E-state index contributed by atoms with van der Waals surface area (Å²) in [7, 11) is 0. The van der Waals surface area contributed by atoms with Crippen LogP contribution in [-0.2, 0) is 9.53 Å². The number of hydrogen-bond donors (Lipinski definition) is 0. The van der Waals surface area contributed by atoms with E-state index in [0.717, 1.165) is 22.5 Å². The van der Waals surface area contributed by atoms with E-state index in [-0.39, 0.29) is 11.2 Å². The van der Waals surface area contributed by atoms with E-state index in [2.05, 4.69) is 9.97 Å². The molecule has 1 aliphatic rings. The lowest BCUT2D eigenvalue weighted by molar-refractivity contribution is -0.134. The van der Waals surface area contributed by atoms with Gasteiger partial charge in [0.05, 0.1) is 13.2 Å². The topological polar surface area (TPSA) is 55.3 Å². The second-order valence-electron chi connectivity index (χ2n) is 6.15. The Hall–Kier alpha value is -1.92. The lowest BCUT2D eigenvalue weighted by atomic mass is 10.1. The van der Waals surface area contributed by atoms with Crippen LogP contribution in [0.3, 0.4) is 0 Å². The molecule has 1 aromatic heterocycles. The van der Waals surface area contributed by atoms with Crippen molar-refractivity contribution in [2.45, 2.75) is 31.2 Å².